The van der Waals surface area contributed by atoms with Crippen LogP contribution in [0.15, 0.2) is 24.3 Å². The van der Waals surface area contributed by atoms with Crippen molar-refractivity contribution in [2.24, 2.45) is 5.73 Å². The first-order valence-electron chi connectivity index (χ1n) is 22.9. The third-order valence-corrected chi connectivity index (χ3v) is 10.2. The predicted octanol–water partition coefficient (Wildman–Crippen LogP) is 12.1. The molecule has 0 heterocycles. The number of allylic oxidation sites excluding steroid dienone is 4. The Morgan fingerprint density at radius 2 is 0.750 bits per heavy atom. The lowest BCUT2D eigenvalue weighted by atomic mass is 10.1. The number of unbranched alkanes of at least 4 members (excludes halogenated alkanes) is 23. The van der Waals surface area contributed by atoms with Gasteiger partial charge >= 0.3 is 0 Å². The van der Waals surface area contributed by atoms with Crippen molar-refractivity contribution in [1.29, 1.82) is 0 Å². The summed E-state index contributed by atoms with van der Waals surface area (Å²) in [7, 11) is 0. The van der Waals surface area contributed by atoms with Crippen LogP contribution in [0.5, 0.6) is 0 Å². The number of rotatable bonds is 42. The summed E-state index contributed by atoms with van der Waals surface area (Å²) < 4.78 is 0. The summed E-state index contributed by atoms with van der Waals surface area (Å²) in [4.78, 5) is 28.1. The van der Waals surface area contributed by atoms with Crippen LogP contribution in [-0.4, -0.2) is 56.0 Å². The summed E-state index contributed by atoms with van der Waals surface area (Å²) in [6.07, 6.45) is 47.0. The topological polar surface area (TPSA) is 87.5 Å². The van der Waals surface area contributed by atoms with Crippen molar-refractivity contribution in [3.63, 3.8) is 0 Å². The van der Waals surface area contributed by atoms with Gasteiger partial charge in [-0.1, -0.05) is 141 Å². The van der Waals surface area contributed by atoms with Crippen molar-refractivity contribution < 1.29 is 9.59 Å². The van der Waals surface area contributed by atoms with Crippen molar-refractivity contribution in [3.05, 3.63) is 24.3 Å². The lowest BCUT2D eigenvalue weighted by Crippen LogP contribution is -2.38. The van der Waals surface area contributed by atoms with Gasteiger partial charge in [-0.25, -0.2) is 0 Å². The first-order chi connectivity index (χ1) is 25.7. The second kappa shape index (κ2) is 43.9. The Labute approximate surface area is 324 Å². The molecule has 0 atom stereocenters. The minimum absolute atomic E-state index is 0.0407. The molecule has 0 aliphatic heterocycles. The highest BCUT2D eigenvalue weighted by atomic mass is 16.2. The van der Waals surface area contributed by atoms with Crippen molar-refractivity contribution in [1.82, 2.24) is 15.5 Å². The molecular formula is C46H90N4O2. The van der Waals surface area contributed by atoms with Crippen LogP contribution in [0.3, 0.4) is 0 Å². The van der Waals surface area contributed by atoms with E-state index in [9.17, 15) is 9.59 Å². The number of amides is 2. The van der Waals surface area contributed by atoms with Crippen molar-refractivity contribution in [2.75, 3.05) is 39.3 Å². The van der Waals surface area contributed by atoms with Gasteiger partial charge in [0.1, 0.15) is 0 Å². The van der Waals surface area contributed by atoms with Crippen molar-refractivity contribution >= 4 is 11.8 Å². The van der Waals surface area contributed by atoms with Crippen molar-refractivity contribution in [3.8, 4) is 0 Å². The van der Waals surface area contributed by atoms with Gasteiger partial charge in [-0.05, 0) is 123 Å². The number of imide groups is 1. The quantitative estimate of drug-likeness (QED) is 0.0430. The van der Waals surface area contributed by atoms with Crippen LogP contribution in [0.1, 0.15) is 219 Å². The minimum Gasteiger partial charge on any atom is -0.330 e. The van der Waals surface area contributed by atoms with Crippen LogP contribution in [-0.2, 0) is 9.59 Å². The molecule has 0 aromatic heterocycles. The fraction of sp³-hybridized carbons (Fsp3) is 0.870. The maximum atomic E-state index is 13.2. The van der Waals surface area contributed by atoms with E-state index in [-0.39, 0.29) is 11.8 Å². The van der Waals surface area contributed by atoms with Gasteiger partial charge in [-0.15, -0.1) is 0 Å². The second-order valence-corrected chi connectivity index (χ2v) is 15.3. The Bertz CT molecular complexity index is 747. The van der Waals surface area contributed by atoms with Gasteiger partial charge in [0.05, 0.1) is 0 Å². The van der Waals surface area contributed by atoms with Crippen molar-refractivity contribution in [2.45, 2.75) is 219 Å². The molecule has 0 radical (unpaired) electrons. The highest BCUT2D eigenvalue weighted by Gasteiger charge is 2.20. The lowest BCUT2D eigenvalue weighted by molar-refractivity contribution is -0.145. The van der Waals surface area contributed by atoms with E-state index in [1.807, 2.05) is 0 Å². The fourth-order valence-electron chi connectivity index (χ4n) is 6.69. The molecule has 2 amide bonds. The molecule has 0 aliphatic carbocycles. The summed E-state index contributed by atoms with van der Waals surface area (Å²) in [6, 6.07) is 0. The molecule has 0 saturated carbocycles. The molecule has 52 heavy (non-hydrogen) atoms. The first-order valence-corrected chi connectivity index (χ1v) is 22.9. The molecule has 6 heteroatoms. The largest absolute Gasteiger partial charge is 0.330 e. The van der Waals surface area contributed by atoms with E-state index >= 15 is 0 Å². The fourth-order valence-corrected chi connectivity index (χ4v) is 6.69. The third-order valence-electron chi connectivity index (χ3n) is 10.2. The van der Waals surface area contributed by atoms with Gasteiger partial charge in [-0.3, -0.25) is 14.5 Å². The molecule has 0 aromatic carbocycles. The second-order valence-electron chi connectivity index (χ2n) is 15.3. The number of carbonyl (C=O) groups is 2. The molecule has 0 rings (SSSR count). The van der Waals surface area contributed by atoms with Crippen LogP contribution in [0.25, 0.3) is 0 Å². The van der Waals surface area contributed by atoms with Gasteiger partial charge in [0.2, 0.25) is 11.8 Å². The Hall–Kier alpha value is -1.50. The van der Waals surface area contributed by atoms with E-state index in [0.29, 0.717) is 19.4 Å². The molecule has 306 valence electrons. The number of carbonyl (C=O) groups excluding carboxylic acids is 2. The molecule has 0 unspecified atom stereocenters. The van der Waals surface area contributed by atoms with Crippen LogP contribution in [0.2, 0.25) is 0 Å². The Morgan fingerprint density at radius 1 is 0.423 bits per heavy atom. The molecule has 6 nitrogen and oxygen atoms in total. The van der Waals surface area contributed by atoms with Gasteiger partial charge < -0.3 is 16.4 Å². The number of nitrogens with one attached hydrogen (secondary N) is 2. The van der Waals surface area contributed by atoms with Crippen LogP contribution in [0, 0.1) is 0 Å². The summed E-state index contributed by atoms with van der Waals surface area (Å²) in [5, 5.41) is 6.94. The van der Waals surface area contributed by atoms with E-state index in [0.717, 1.165) is 84.1 Å². The average Bonchev–Trinajstić information content (AvgIpc) is 3.15. The van der Waals surface area contributed by atoms with Crippen LogP contribution >= 0.6 is 0 Å². The Kier molecular flexibility index (Phi) is 42.6. The van der Waals surface area contributed by atoms with E-state index in [1.54, 1.807) is 4.90 Å². The molecule has 4 N–H and O–H groups in total. The number of nitrogens with two attached hydrogens (primary N) is 1. The maximum Gasteiger partial charge on any atom is 0.229 e. The number of hydrogen-bond donors (Lipinski definition) is 3. The summed E-state index contributed by atoms with van der Waals surface area (Å²) >= 11 is 0. The van der Waals surface area contributed by atoms with Crippen LogP contribution in [0.4, 0.5) is 0 Å². The van der Waals surface area contributed by atoms with Gasteiger partial charge in [0.15, 0.2) is 0 Å². The van der Waals surface area contributed by atoms with E-state index in [1.165, 1.54) is 141 Å². The summed E-state index contributed by atoms with van der Waals surface area (Å²) in [6.45, 7) is 9.68. The lowest BCUT2D eigenvalue weighted by Gasteiger charge is -2.21. The zero-order valence-electron chi connectivity index (χ0n) is 35.0. The van der Waals surface area contributed by atoms with Gasteiger partial charge in [0, 0.05) is 19.4 Å². The molecular weight excluding hydrogens is 641 g/mol. The summed E-state index contributed by atoms with van der Waals surface area (Å²) in [5.74, 6) is 0.0813. The monoisotopic (exact) mass is 731 g/mol. The van der Waals surface area contributed by atoms with E-state index < -0.39 is 0 Å². The predicted molar refractivity (Wildman–Crippen MR) is 229 cm³/mol. The Balaban J connectivity index is 4.26. The van der Waals surface area contributed by atoms with Gasteiger partial charge in [-0.2, -0.15) is 0 Å². The van der Waals surface area contributed by atoms with Crippen LogP contribution < -0.4 is 16.4 Å². The highest BCUT2D eigenvalue weighted by Crippen LogP contribution is 2.14. The maximum absolute atomic E-state index is 13.2. The normalized spacial score (nSPS) is 11.8. The SMILES string of the molecule is CCCCCCCCC=CCCCCCCCC(=O)N(CCCNCCCCNCCCN)C(=O)CCCCCCCC=CCCCCCCCC. The average molecular weight is 731 g/mol. The molecule has 0 aromatic rings. The minimum atomic E-state index is 0.0407. The molecule has 0 spiro atoms. The number of hydrogen-bond acceptors (Lipinski definition) is 5. The zero-order chi connectivity index (χ0) is 37.8. The molecule has 0 aliphatic rings. The summed E-state index contributed by atoms with van der Waals surface area (Å²) in [5.41, 5.74) is 5.55. The molecule has 0 saturated heterocycles. The standard InChI is InChI=1S/C46H90N4O2/c1-3-5-7-9-11-13-15-17-19-21-23-25-27-29-31-37-45(51)50(44-36-43-49-41-34-33-40-48-42-35-39-47)46(52)38-32-30-28-26-24-22-20-18-16-14-12-10-8-6-4-2/h17-20,48-49H,3-16,21-44,47H2,1-2H3. The number of nitrogens with zero attached hydrogens (tertiary/aromatic N) is 1. The smallest absolute Gasteiger partial charge is 0.229 e. The first kappa shape index (κ1) is 50.5. The van der Waals surface area contributed by atoms with E-state index in [2.05, 4.69) is 48.8 Å². The van der Waals surface area contributed by atoms with Gasteiger partial charge in [0.25, 0.3) is 0 Å². The highest BCUT2D eigenvalue weighted by molar-refractivity contribution is 5.95. The molecule has 0 bridgehead atoms. The third kappa shape index (κ3) is 38.2. The van der Waals surface area contributed by atoms with E-state index in [4.69, 9.17) is 5.73 Å². The Morgan fingerprint density at radius 3 is 1.13 bits per heavy atom. The zero-order valence-corrected chi connectivity index (χ0v) is 35.0. The molecule has 0 fully saturated rings.